The summed E-state index contributed by atoms with van der Waals surface area (Å²) in [5, 5.41) is 8.89. The number of hydroxylamine groups is 1. The first-order valence-electron chi connectivity index (χ1n) is 4.24. The van der Waals surface area contributed by atoms with Gasteiger partial charge in [0.15, 0.2) is 0 Å². The summed E-state index contributed by atoms with van der Waals surface area (Å²) in [6, 6.07) is 0. The van der Waals surface area contributed by atoms with Crippen LogP contribution in [0.4, 0.5) is 0 Å². The highest BCUT2D eigenvalue weighted by Gasteiger charge is 2.42. The molecule has 1 rings (SSSR count). The Balaban J connectivity index is 2.06. The van der Waals surface area contributed by atoms with Crippen LogP contribution in [0.25, 0.3) is 0 Å². The first kappa shape index (κ1) is 9.48. The fourth-order valence-corrected chi connectivity index (χ4v) is 0.867. The number of aliphatic hydroxyl groups is 1. The van der Waals surface area contributed by atoms with Crippen molar-refractivity contribution in [3.05, 3.63) is 0 Å². The molecule has 1 fully saturated rings. The van der Waals surface area contributed by atoms with Crippen LogP contribution in [0.15, 0.2) is 0 Å². The lowest BCUT2D eigenvalue weighted by Gasteiger charge is -2.11. The zero-order chi connectivity index (χ0) is 9.03. The molecule has 0 bridgehead atoms. The molecular weight excluding hydrogens is 158 g/mol. The minimum atomic E-state index is -0.122. The SMILES string of the molecule is CCC(=O)NOCC1(CO)CC1. The minimum Gasteiger partial charge on any atom is -0.396 e. The third kappa shape index (κ3) is 2.46. The fraction of sp³-hybridized carbons (Fsp3) is 0.875. The van der Waals surface area contributed by atoms with Gasteiger partial charge in [0, 0.05) is 11.8 Å². The van der Waals surface area contributed by atoms with Crippen LogP contribution in [0.2, 0.25) is 0 Å². The molecule has 0 aromatic rings. The van der Waals surface area contributed by atoms with Crippen molar-refractivity contribution in [3.8, 4) is 0 Å². The molecule has 0 aromatic heterocycles. The lowest BCUT2D eigenvalue weighted by molar-refractivity contribution is -0.135. The molecule has 1 amide bonds. The third-order valence-electron chi connectivity index (χ3n) is 2.18. The van der Waals surface area contributed by atoms with Crippen LogP contribution in [0.1, 0.15) is 26.2 Å². The summed E-state index contributed by atoms with van der Waals surface area (Å²) in [5.41, 5.74) is 2.26. The smallest absolute Gasteiger partial charge is 0.243 e. The molecule has 4 heteroatoms. The lowest BCUT2D eigenvalue weighted by Crippen LogP contribution is -2.27. The van der Waals surface area contributed by atoms with E-state index in [9.17, 15) is 4.79 Å². The van der Waals surface area contributed by atoms with Crippen molar-refractivity contribution in [3.63, 3.8) is 0 Å². The topological polar surface area (TPSA) is 58.6 Å². The van der Waals surface area contributed by atoms with Gasteiger partial charge >= 0.3 is 0 Å². The first-order valence-corrected chi connectivity index (χ1v) is 4.24. The Kier molecular flexibility index (Phi) is 3.05. The number of hydrogen-bond donors (Lipinski definition) is 2. The maximum Gasteiger partial charge on any atom is 0.243 e. The van der Waals surface area contributed by atoms with Crippen LogP contribution in [0, 0.1) is 5.41 Å². The average molecular weight is 173 g/mol. The summed E-state index contributed by atoms with van der Waals surface area (Å²) in [7, 11) is 0. The number of amides is 1. The Hall–Kier alpha value is -0.610. The van der Waals surface area contributed by atoms with E-state index in [0.717, 1.165) is 12.8 Å². The predicted molar refractivity (Wildman–Crippen MR) is 43.1 cm³/mol. The largest absolute Gasteiger partial charge is 0.396 e. The quantitative estimate of drug-likeness (QED) is 0.584. The van der Waals surface area contributed by atoms with Crippen LogP contribution < -0.4 is 5.48 Å². The van der Waals surface area contributed by atoms with Gasteiger partial charge in [0.2, 0.25) is 5.91 Å². The molecule has 0 aliphatic heterocycles. The molecule has 0 heterocycles. The molecule has 1 aliphatic carbocycles. The van der Waals surface area contributed by atoms with E-state index in [1.54, 1.807) is 6.92 Å². The van der Waals surface area contributed by atoms with Gasteiger partial charge in [0.25, 0.3) is 0 Å². The van der Waals surface area contributed by atoms with Gasteiger partial charge in [-0.15, -0.1) is 0 Å². The number of nitrogens with one attached hydrogen (secondary N) is 1. The number of hydrogen-bond acceptors (Lipinski definition) is 3. The molecule has 12 heavy (non-hydrogen) atoms. The molecule has 0 unspecified atom stereocenters. The van der Waals surface area contributed by atoms with Gasteiger partial charge in [-0.2, -0.15) is 0 Å². The first-order chi connectivity index (χ1) is 5.72. The van der Waals surface area contributed by atoms with Crippen LogP contribution in [0.5, 0.6) is 0 Å². The molecular formula is C8H15NO3. The summed E-state index contributed by atoms with van der Waals surface area (Å²) in [6.45, 7) is 2.34. The molecule has 1 aliphatic rings. The zero-order valence-corrected chi connectivity index (χ0v) is 7.30. The van der Waals surface area contributed by atoms with E-state index in [2.05, 4.69) is 5.48 Å². The van der Waals surface area contributed by atoms with E-state index >= 15 is 0 Å². The predicted octanol–water partition coefficient (Wildman–Crippen LogP) is 0.217. The van der Waals surface area contributed by atoms with Crippen molar-refractivity contribution in [1.82, 2.24) is 5.48 Å². The Morgan fingerprint density at radius 1 is 1.67 bits per heavy atom. The number of carbonyl (C=O) groups is 1. The monoisotopic (exact) mass is 173 g/mol. The van der Waals surface area contributed by atoms with Crippen molar-refractivity contribution >= 4 is 5.91 Å². The zero-order valence-electron chi connectivity index (χ0n) is 7.30. The summed E-state index contributed by atoms with van der Waals surface area (Å²) >= 11 is 0. The molecule has 0 aromatic carbocycles. The molecule has 0 spiro atoms. The second-order valence-electron chi connectivity index (χ2n) is 3.33. The van der Waals surface area contributed by atoms with E-state index in [-0.39, 0.29) is 17.9 Å². The fourth-order valence-electron chi connectivity index (χ4n) is 0.867. The number of aliphatic hydroxyl groups excluding tert-OH is 1. The van der Waals surface area contributed by atoms with Gasteiger partial charge in [-0.05, 0) is 12.8 Å². The van der Waals surface area contributed by atoms with Crippen molar-refractivity contribution < 1.29 is 14.7 Å². The Labute approximate surface area is 71.9 Å². The number of carbonyl (C=O) groups excluding carboxylic acids is 1. The standard InChI is InChI=1S/C8H15NO3/c1-2-7(11)9-12-6-8(5-10)3-4-8/h10H,2-6H2,1H3,(H,9,11). The molecule has 2 N–H and O–H groups in total. The van der Waals surface area contributed by atoms with Gasteiger partial charge < -0.3 is 5.11 Å². The maximum absolute atomic E-state index is 10.7. The van der Waals surface area contributed by atoms with E-state index in [4.69, 9.17) is 9.94 Å². The third-order valence-corrected chi connectivity index (χ3v) is 2.18. The lowest BCUT2D eigenvalue weighted by atomic mass is 10.1. The second-order valence-corrected chi connectivity index (χ2v) is 3.33. The van der Waals surface area contributed by atoms with Crippen molar-refractivity contribution in [2.24, 2.45) is 5.41 Å². The molecule has 1 saturated carbocycles. The van der Waals surface area contributed by atoms with Gasteiger partial charge in [0.05, 0.1) is 13.2 Å². The van der Waals surface area contributed by atoms with Gasteiger partial charge in [-0.3, -0.25) is 9.63 Å². The summed E-state index contributed by atoms with van der Waals surface area (Å²) in [5.74, 6) is -0.122. The van der Waals surface area contributed by atoms with Crippen LogP contribution in [0.3, 0.4) is 0 Å². The normalized spacial score (nSPS) is 18.8. The summed E-state index contributed by atoms with van der Waals surface area (Å²) in [4.78, 5) is 15.7. The van der Waals surface area contributed by atoms with E-state index in [0.29, 0.717) is 13.0 Å². The average Bonchev–Trinajstić information content (AvgIpc) is 2.85. The molecule has 4 nitrogen and oxygen atoms in total. The Morgan fingerprint density at radius 3 is 2.75 bits per heavy atom. The molecule has 0 saturated heterocycles. The van der Waals surface area contributed by atoms with Gasteiger partial charge in [-0.1, -0.05) is 6.92 Å². The van der Waals surface area contributed by atoms with Crippen molar-refractivity contribution in [1.29, 1.82) is 0 Å². The van der Waals surface area contributed by atoms with Crippen molar-refractivity contribution in [2.45, 2.75) is 26.2 Å². The van der Waals surface area contributed by atoms with Crippen LogP contribution in [-0.2, 0) is 9.63 Å². The van der Waals surface area contributed by atoms with E-state index in [1.165, 1.54) is 0 Å². The van der Waals surface area contributed by atoms with Crippen LogP contribution >= 0.6 is 0 Å². The van der Waals surface area contributed by atoms with E-state index in [1.807, 2.05) is 0 Å². The van der Waals surface area contributed by atoms with Crippen LogP contribution in [-0.4, -0.2) is 24.2 Å². The van der Waals surface area contributed by atoms with Gasteiger partial charge in [-0.25, -0.2) is 5.48 Å². The summed E-state index contributed by atoms with van der Waals surface area (Å²) < 4.78 is 0. The second kappa shape index (κ2) is 3.87. The Morgan fingerprint density at radius 2 is 2.33 bits per heavy atom. The molecule has 0 atom stereocenters. The summed E-state index contributed by atoms with van der Waals surface area (Å²) in [6.07, 6.45) is 2.41. The van der Waals surface area contributed by atoms with E-state index < -0.39 is 0 Å². The highest BCUT2D eigenvalue weighted by molar-refractivity contribution is 5.74. The molecule has 0 radical (unpaired) electrons. The highest BCUT2D eigenvalue weighted by atomic mass is 16.7. The molecule has 70 valence electrons. The highest BCUT2D eigenvalue weighted by Crippen LogP contribution is 2.44. The van der Waals surface area contributed by atoms with Gasteiger partial charge in [0.1, 0.15) is 0 Å². The maximum atomic E-state index is 10.7. The Bertz CT molecular complexity index is 166. The van der Waals surface area contributed by atoms with Crippen molar-refractivity contribution in [2.75, 3.05) is 13.2 Å². The minimum absolute atomic E-state index is 0.0545. The number of rotatable bonds is 5.